The fraction of sp³-hybridized carbons (Fsp3) is 0.222. The first-order valence-electron chi connectivity index (χ1n) is 4.40. The van der Waals surface area contributed by atoms with Crippen molar-refractivity contribution in [2.45, 2.75) is 0 Å². The molecule has 80 valence electrons. The standard InChI is InChI=1S/C9H13BN2O3/c1-12(2)9(13)7-4-3-6(10(14)15)5-8(7)11/h3-5,14-15H,11H2,1-2H3. The second-order valence-electron chi connectivity index (χ2n) is 3.42. The van der Waals surface area contributed by atoms with Crippen molar-refractivity contribution in [2.24, 2.45) is 0 Å². The Morgan fingerprint density at radius 1 is 1.40 bits per heavy atom. The molecule has 6 heteroatoms. The highest BCUT2D eigenvalue weighted by molar-refractivity contribution is 6.58. The third-order valence-corrected chi connectivity index (χ3v) is 2.01. The van der Waals surface area contributed by atoms with E-state index in [1.54, 1.807) is 14.1 Å². The molecular weight excluding hydrogens is 195 g/mol. The zero-order chi connectivity index (χ0) is 11.6. The molecule has 0 bridgehead atoms. The van der Waals surface area contributed by atoms with E-state index in [-0.39, 0.29) is 17.1 Å². The van der Waals surface area contributed by atoms with Crippen LogP contribution in [0.5, 0.6) is 0 Å². The number of hydrogen-bond acceptors (Lipinski definition) is 4. The predicted molar refractivity (Wildman–Crippen MR) is 58.7 cm³/mol. The third-order valence-electron chi connectivity index (χ3n) is 2.01. The van der Waals surface area contributed by atoms with Crippen molar-refractivity contribution in [3.05, 3.63) is 23.8 Å². The molecule has 1 amide bonds. The van der Waals surface area contributed by atoms with Crippen LogP contribution in [0.4, 0.5) is 5.69 Å². The van der Waals surface area contributed by atoms with E-state index < -0.39 is 7.12 Å². The summed E-state index contributed by atoms with van der Waals surface area (Å²) >= 11 is 0. The largest absolute Gasteiger partial charge is 0.488 e. The van der Waals surface area contributed by atoms with Crippen molar-refractivity contribution in [2.75, 3.05) is 19.8 Å². The number of carbonyl (C=O) groups excluding carboxylic acids is 1. The maximum atomic E-state index is 11.6. The lowest BCUT2D eigenvalue weighted by molar-refractivity contribution is 0.0828. The Morgan fingerprint density at radius 2 is 2.00 bits per heavy atom. The summed E-state index contributed by atoms with van der Waals surface area (Å²) in [5.74, 6) is -0.216. The highest BCUT2D eigenvalue weighted by atomic mass is 16.4. The van der Waals surface area contributed by atoms with Crippen LogP contribution in [0.2, 0.25) is 0 Å². The van der Waals surface area contributed by atoms with E-state index in [1.165, 1.54) is 23.1 Å². The van der Waals surface area contributed by atoms with Gasteiger partial charge in [-0.2, -0.15) is 0 Å². The van der Waals surface area contributed by atoms with Crippen LogP contribution in [0, 0.1) is 0 Å². The molecule has 0 aliphatic heterocycles. The van der Waals surface area contributed by atoms with Crippen LogP contribution in [-0.2, 0) is 0 Å². The lowest BCUT2D eigenvalue weighted by Crippen LogP contribution is -2.31. The number of nitrogen functional groups attached to an aromatic ring is 1. The summed E-state index contributed by atoms with van der Waals surface area (Å²) in [4.78, 5) is 13.0. The third kappa shape index (κ3) is 2.48. The van der Waals surface area contributed by atoms with Gasteiger partial charge in [0.2, 0.25) is 0 Å². The fourth-order valence-corrected chi connectivity index (χ4v) is 1.18. The highest BCUT2D eigenvalue weighted by Gasteiger charge is 2.16. The molecule has 0 aliphatic rings. The number of benzene rings is 1. The molecule has 15 heavy (non-hydrogen) atoms. The predicted octanol–water partition coefficient (Wildman–Crippen LogP) is -1.35. The van der Waals surface area contributed by atoms with Crippen LogP contribution in [-0.4, -0.2) is 42.1 Å². The second kappa shape index (κ2) is 4.33. The molecule has 1 aromatic rings. The second-order valence-corrected chi connectivity index (χ2v) is 3.42. The van der Waals surface area contributed by atoms with Gasteiger partial charge in [-0.15, -0.1) is 0 Å². The maximum absolute atomic E-state index is 11.6. The number of rotatable bonds is 2. The first kappa shape index (κ1) is 11.5. The molecular formula is C9H13BN2O3. The molecule has 0 aromatic heterocycles. The van der Waals surface area contributed by atoms with Crippen LogP contribution in [0.25, 0.3) is 0 Å². The van der Waals surface area contributed by atoms with E-state index in [0.29, 0.717) is 5.56 Å². The summed E-state index contributed by atoms with van der Waals surface area (Å²) in [6.45, 7) is 0. The molecule has 0 heterocycles. The molecule has 4 N–H and O–H groups in total. The SMILES string of the molecule is CN(C)C(=O)c1ccc(B(O)O)cc1N. The molecule has 5 nitrogen and oxygen atoms in total. The molecule has 0 unspecified atom stereocenters. The Labute approximate surface area is 88.3 Å². The van der Waals surface area contributed by atoms with Gasteiger partial charge in [0.1, 0.15) is 0 Å². The van der Waals surface area contributed by atoms with Gasteiger partial charge in [-0.3, -0.25) is 4.79 Å². The van der Waals surface area contributed by atoms with E-state index in [1.807, 2.05) is 0 Å². The summed E-state index contributed by atoms with van der Waals surface area (Å²) in [6, 6.07) is 4.31. The fourth-order valence-electron chi connectivity index (χ4n) is 1.18. The molecule has 0 saturated carbocycles. The highest BCUT2D eigenvalue weighted by Crippen LogP contribution is 2.11. The first-order valence-corrected chi connectivity index (χ1v) is 4.40. The van der Waals surface area contributed by atoms with Gasteiger partial charge in [0.05, 0.1) is 5.56 Å². The van der Waals surface area contributed by atoms with Crippen molar-refractivity contribution in [3.8, 4) is 0 Å². The number of amides is 1. The summed E-state index contributed by atoms with van der Waals surface area (Å²) in [5, 5.41) is 17.8. The van der Waals surface area contributed by atoms with E-state index in [0.717, 1.165) is 0 Å². The topological polar surface area (TPSA) is 86.8 Å². The summed E-state index contributed by atoms with van der Waals surface area (Å²) < 4.78 is 0. The van der Waals surface area contributed by atoms with E-state index in [9.17, 15) is 4.79 Å². The van der Waals surface area contributed by atoms with Crippen LogP contribution in [0.3, 0.4) is 0 Å². The zero-order valence-electron chi connectivity index (χ0n) is 8.64. The van der Waals surface area contributed by atoms with E-state index >= 15 is 0 Å². The summed E-state index contributed by atoms with van der Waals surface area (Å²) in [6.07, 6.45) is 0. The van der Waals surface area contributed by atoms with Crippen molar-refractivity contribution >= 4 is 24.2 Å². The van der Waals surface area contributed by atoms with Crippen LogP contribution >= 0.6 is 0 Å². The Hall–Kier alpha value is -1.53. The Morgan fingerprint density at radius 3 is 2.40 bits per heavy atom. The van der Waals surface area contributed by atoms with Gasteiger partial charge in [0, 0.05) is 19.8 Å². The van der Waals surface area contributed by atoms with Gasteiger partial charge in [-0.05, 0) is 17.6 Å². The number of carbonyl (C=O) groups is 1. The number of hydrogen-bond donors (Lipinski definition) is 3. The maximum Gasteiger partial charge on any atom is 0.488 e. The van der Waals surface area contributed by atoms with Gasteiger partial charge >= 0.3 is 7.12 Å². The summed E-state index contributed by atoms with van der Waals surface area (Å²) in [5.41, 5.74) is 6.48. The van der Waals surface area contributed by atoms with Crippen LogP contribution in [0.15, 0.2) is 18.2 Å². The Balaban J connectivity index is 3.08. The first-order chi connectivity index (χ1) is 6.93. The number of nitrogens with zero attached hydrogens (tertiary/aromatic N) is 1. The van der Waals surface area contributed by atoms with E-state index in [2.05, 4.69) is 0 Å². The van der Waals surface area contributed by atoms with E-state index in [4.69, 9.17) is 15.8 Å². The van der Waals surface area contributed by atoms with Gasteiger partial charge in [-0.25, -0.2) is 0 Å². The lowest BCUT2D eigenvalue weighted by Gasteiger charge is -2.12. The van der Waals surface area contributed by atoms with Gasteiger partial charge in [-0.1, -0.05) is 6.07 Å². The molecule has 0 saturated heterocycles. The van der Waals surface area contributed by atoms with Crippen LogP contribution < -0.4 is 11.2 Å². The van der Waals surface area contributed by atoms with Gasteiger partial charge in [0.25, 0.3) is 5.91 Å². The van der Waals surface area contributed by atoms with Crippen molar-refractivity contribution in [1.29, 1.82) is 0 Å². The molecule has 0 atom stereocenters. The van der Waals surface area contributed by atoms with Crippen molar-refractivity contribution in [1.82, 2.24) is 4.90 Å². The molecule has 0 aliphatic carbocycles. The minimum Gasteiger partial charge on any atom is -0.423 e. The zero-order valence-corrected chi connectivity index (χ0v) is 8.64. The van der Waals surface area contributed by atoms with Crippen molar-refractivity contribution in [3.63, 3.8) is 0 Å². The molecule has 1 rings (SSSR count). The minimum atomic E-state index is -1.57. The normalized spacial score (nSPS) is 9.87. The van der Waals surface area contributed by atoms with Gasteiger partial charge < -0.3 is 20.7 Å². The number of nitrogens with two attached hydrogens (primary N) is 1. The average molecular weight is 208 g/mol. The van der Waals surface area contributed by atoms with Crippen molar-refractivity contribution < 1.29 is 14.8 Å². The quantitative estimate of drug-likeness (QED) is 0.414. The lowest BCUT2D eigenvalue weighted by atomic mass is 9.79. The average Bonchev–Trinajstić information content (AvgIpc) is 2.16. The monoisotopic (exact) mass is 208 g/mol. The summed E-state index contributed by atoms with van der Waals surface area (Å²) in [7, 11) is 1.67. The minimum absolute atomic E-state index is 0.216. The van der Waals surface area contributed by atoms with Gasteiger partial charge in [0.15, 0.2) is 0 Å². The number of anilines is 1. The Bertz CT molecular complexity index is 380. The molecule has 1 aromatic carbocycles. The molecule has 0 fully saturated rings. The molecule has 0 spiro atoms. The smallest absolute Gasteiger partial charge is 0.423 e. The Kier molecular flexibility index (Phi) is 3.33. The van der Waals surface area contributed by atoms with Crippen LogP contribution in [0.1, 0.15) is 10.4 Å². The molecule has 0 radical (unpaired) electrons.